The van der Waals surface area contributed by atoms with Crippen molar-refractivity contribution in [2.75, 3.05) is 13.6 Å². The summed E-state index contributed by atoms with van der Waals surface area (Å²) in [6.07, 6.45) is 6.92. The predicted octanol–water partition coefficient (Wildman–Crippen LogP) is 3.30. The van der Waals surface area contributed by atoms with Crippen LogP contribution >= 0.6 is 0 Å². The first-order valence-electron chi connectivity index (χ1n) is 5.81. The molecule has 0 atom stereocenters. The van der Waals surface area contributed by atoms with Crippen LogP contribution in [0.25, 0.3) is 0 Å². The second kappa shape index (κ2) is 4.45. The van der Waals surface area contributed by atoms with Gasteiger partial charge >= 0.3 is 0 Å². The molecule has 0 aromatic rings. The topological polar surface area (TPSA) is 3.24 Å². The van der Waals surface area contributed by atoms with Gasteiger partial charge in [0.15, 0.2) is 0 Å². The summed E-state index contributed by atoms with van der Waals surface area (Å²) in [4.78, 5) is 2.55. The molecular formula is C12H25N. The number of hydrogen-bond acceptors (Lipinski definition) is 1. The maximum atomic E-state index is 2.55. The van der Waals surface area contributed by atoms with Gasteiger partial charge in [-0.1, -0.05) is 20.8 Å². The van der Waals surface area contributed by atoms with Crippen molar-refractivity contribution in [2.45, 2.75) is 58.9 Å². The summed E-state index contributed by atoms with van der Waals surface area (Å²) in [5.41, 5.74) is 0.723. The lowest BCUT2D eigenvalue weighted by Crippen LogP contribution is -2.32. The van der Waals surface area contributed by atoms with Crippen molar-refractivity contribution >= 4 is 0 Å². The van der Waals surface area contributed by atoms with E-state index in [4.69, 9.17) is 0 Å². The molecule has 0 aliphatic heterocycles. The first-order valence-corrected chi connectivity index (χ1v) is 5.81. The Morgan fingerprint density at radius 2 is 1.77 bits per heavy atom. The maximum Gasteiger partial charge on any atom is 0.00869 e. The summed E-state index contributed by atoms with van der Waals surface area (Å²) in [6, 6.07) is 0.808. The van der Waals surface area contributed by atoms with Crippen molar-refractivity contribution in [3.63, 3.8) is 0 Å². The van der Waals surface area contributed by atoms with Crippen LogP contribution in [0, 0.1) is 5.41 Å². The van der Waals surface area contributed by atoms with Gasteiger partial charge in [0.2, 0.25) is 0 Å². The summed E-state index contributed by atoms with van der Waals surface area (Å²) < 4.78 is 0. The average Bonchev–Trinajstić information content (AvgIpc) is 2.84. The standard InChI is InChI=1S/C12H25N/c1-5-11(6-2)13(4)10-9-12(3)7-8-12/h11H,5-10H2,1-4H3. The second-order valence-electron chi connectivity index (χ2n) is 5.01. The second-order valence-corrected chi connectivity index (χ2v) is 5.01. The predicted molar refractivity (Wildman–Crippen MR) is 59.0 cm³/mol. The van der Waals surface area contributed by atoms with Crippen LogP contribution in [-0.4, -0.2) is 24.5 Å². The van der Waals surface area contributed by atoms with E-state index in [0.717, 1.165) is 11.5 Å². The molecule has 1 nitrogen and oxygen atoms in total. The van der Waals surface area contributed by atoms with E-state index in [0.29, 0.717) is 0 Å². The van der Waals surface area contributed by atoms with E-state index >= 15 is 0 Å². The van der Waals surface area contributed by atoms with Gasteiger partial charge in [-0.2, -0.15) is 0 Å². The molecule has 0 heterocycles. The number of rotatable bonds is 6. The molecule has 13 heavy (non-hydrogen) atoms. The van der Waals surface area contributed by atoms with Crippen LogP contribution in [0.1, 0.15) is 52.9 Å². The van der Waals surface area contributed by atoms with E-state index in [2.05, 4.69) is 32.7 Å². The molecule has 0 aromatic heterocycles. The van der Waals surface area contributed by atoms with Gasteiger partial charge in [-0.05, 0) is 51.1 Å². The minimum Gasteiger partial charge on any atom is -0.303 e. The first-order chi connectivity index (χ1) is 6.11. The zero-order valence-corrected chi connectivity index (χ0v) is 9.77. The fraction of sp³-hybridized carbons (Fsp3) is 1.00. The van der Waals surface area contributed by atoms with Crippen molar-refractivity contribution < 1.29 is 0 Å². The molecule has 1 heteroatoms. The Bertz CT molecular complexity index is 145. The Kier molecular flexibility index (Phi) is 3.78. The molecule has 1 saturated carbocycles. The molecule has 1 aliphatic carbocycles. The highest BCUT2D eigenvalue weighted by molar-refractivity contribution is 4.89. The fourth-order valence-corrected chi connectivity index (χ4v) is 2.00. The van der Waals surface area contributed by atoms with Crippen molar-refractivity contribution in [3.05, 3.63) is 0 Å². The highest BCUT2D eigenvalue weighted by atomic mass is 15.1. The van der Waals surface area contributed by atoms with Gasteiger partial charge in [0.1, 0.15) is 0 Å². The summed E-state index contributed by atoms with van der Waals surface area (Å²) in [5.74, 6) is 0. The largest absolute Gasteiger partial charge is 0.303 e. The van der Waals surface area contributed by atoms with Crippen LogP contribution in [0.2, 0.25) is 0 Å². The van der Waals surface area contributed by atoms with Crippen molar-refractivity contribution in [1.82, 2.24) is 4.90 Å². The summed E-state index contributed by atoms with van der Waals surface area (Å²) in [6.45, 7) is 8.31. The summed E-state index contributed by atoms with van der Waals surface area (Å²) in [7, 11) is 2.28. The van der Waals surface area contributed by atoms with Gasteiger partial charge in [-0.15, -0.1) is 0 Å². The van der Waals surface area contributed by atoms with Gasteiger partial charge in [0.25, 0.3) is 0 Å². The minimum absolute atomic E-state index is 0.723. The van der Waals surface area contributed by atoms with Crippen LogP contribution in [0.5, 0.6) is 0 Å². The summed E-state index contributed by atoms with van der Waals surface area (Å²) in [5, 5.41) is 0. The van der Waals surface area contributed by atoms with Gasteiger partial charge in [0.05, 0.1) is 0 Å². The maximum absolute atomic E-state index is 2.55. The number of hydrogen-bond donors (Lipinski definition) is 0. The molecular weight excluding hydrogens is 158 g/mol. The average molecular weight is 183 g/mol. The lowest BCUT2D eigenvalue weighted by atomic mass is 10.0. The highest BCUT2D eigenvalue weighted by Gasteiger charge is 2.36. The zero-order chi connectivity index (χ0) is 9.90. The van der Waals surface area contributed by atoms with Crippen LogP contribution in [0.15, 0.2) is 0 Å². The third kappa shape index (κ3) is 3.30. The molecule has 78 valence electrons. The molecule has 1 fully saturated rings. The molecule has 0 bridgehead atoms. The Morgan fingerprint density at radius 3 is 2.15 bits per heavy atom. The third-order valence-electron chi connectivity index (χ3n) is 3.74. The monoisotopic (exact) mass is 183 g/mol. The molecule has 0 unspecified atom stereocenters. The Balaban J connectivity index is 2.19. The smallest absolute Gasteiger partial charge is 0.00869 e. The van der Waals surface area contributed by atoms with Crippen LogP contribution in [0.4, 0.5) is 0 Å². The molecule has 1 aliphatic rings. The van der Waals surface area contributed by atoms with Crippen molar-refractivity contribution in [2.24, 2.45) is 5.41 Å². The fourth-order valence-electron chi connectivity index (χ4n) is 2.00. The number of nitrogens with zero attached hydrogens (tertiary/aromatic N) is 1. The van der Waals surface area contributed by atoms with Gasteiger partial charge in [-0.25, -0.2) is 0 Å². The van der Waals surface area contributed by atoms with E-state index < -0.39 is 0 Å². The first kappa shape index (κ1) is 11.0. The van der Waals surface area contributed by atoms with Gasteiger partial charge in [0, 0.05) is 6.04 Å². The van der Waals surface area contributed by atoms with Crippen LogP contribution < -0.4 is 0 Å². The molecule has 0 amide bonds. The highest BCUT2D eigenvalue weighted by Crippen LogP contribution is 2.48. The Morgan fingerprint density at radius 1 is 1.23 bits per heavy atom. The van der Waals surface area contributed by atoms with Crippen LogP contribution in [-0.2, 0) is 0 Å². The molecule has 0 radical (unpaired) electrons. The lowest BCUT2D eigenvalue weighted by Gasteiger charge is -2.27. The van der Waals surface area contributed by atoms with E-state index in [1.807, 2.05) is 0 Å². The Labute approximate surface area is 83.5 Å². The van der Waals surface area contributed by atoms with E-state index in [1.165, 1.54) is 38.6 Å². The lowest BCUT2D eigenvalue weighted by molar-refractivity contribution is 0.212. The van der Waals surface area contributed by atoms with Crippen molar-refractivity contribution in [1.29, 1.82) is 0 Å². The quantitative estimate of drug-likeness (QED) is 0.611. The summed E-state index contributed by atoms with van der Waals surface area (Å²) >= 11 is 0. The minimum atomic E-state index is 0.723. The van der Waals surface area contributed by atoms with Gasteiger partial charge in [-0.3, -0.25) is 0 Å². The van der Waals surface area contributed by atoms with E-state index in [9.17, 15) is 0 Å². The molecule has 0 aromatic carbocycles. The van der Waals surface area contributed by atoms with Crippen LogP contribution in [0.3, 0.4) is 0 Å². The molecule has 1 rings (SSSR count). The normalized spacial score (nSPS) is 19.8. The van der Waals surface area contributed by atoms with E-state index in [-0.39, 0.29) is 0 Å². The van der Waals surface area contributed by atoms with E-state index in [1.54, 1.807) is 0 Å². The molecule has 0 N–H and O–H groups in total. The van der Waals surface area contributed by atoms with Crippen molar-refractivity contribution in [3.8, 4) is 0 Å². The van der Waals surface area contributed by atoms with Gasteiger partial charge < -0.3 is 4.90 Å². The SMILES string of the molecule is CCC(CC)N(C)CCC1(C)CC1. The zero-order valence-electron chi connectivity index (χ0n) is 9.77. The third-order valence-corrected chi connectivity index (χ3v) is 3.74. The molecule has 0 saturated heterocycles. The molecule has 0 spiro atoms. The Hall–Kier alpha value is -0.0400.